The number of nitrogens with zero attached hydrogens (tertiary/aromatic N) is 1. The lowest BCUT2D eigenvalue weighted by molar-refractivity contribution is 0.541. The molecule has 0 spiro atoms. The van der Waals surface area contributed by atoms with E-state index >= 15 is 0 Å². The molecule has 0 aliphatic heterocycles. The first kappa shape index (κ1) is 16.2. The number of aromatic nitrogens is 1. The van der Waals surface area contributed by atoms with Gasteiger partial charge in [-0.3, -0.25) is 4.98 Å². The highest BCUT2D eigenvalue weighted by molar-refractivity contribution is 5.83. The third-order valence-corrected chi connectivity index (χ3v) is 6.11. The topological polar surface area (TPSA) is 12.9 Å². The van der Waals surface area contributed by atoms with Crippen molar-refractivity contribution in [2.45, 2.75) is 58.8 Å². The Hall–Kier alpha value is -1.63. The van der Waals surface area contributed by atoms with Gasteiger partial charge in [-0.25, -0.2) is 0 Å². The molecule has 0 saturated heterocycles. The summed E-state index contributed by atoms with van der Waals surface area (Å²) in [7, 11) is 0. The highest BCUT2D eigenvalue weighted by atomic mass is 14.7. The largest absolute Gasteiger partial charge is 0.253 e. The minimum Gasteiger partial charge on any atom is -0.253 e. The summed E-state index contributed by atoms with van der Waals surface area (Å²) in [5.41, 5.74) is 5.56. The molecule has 0 bridgehead atoms. The molecule has 0 N–H and O–H groups in total. The van der Waals surface area contributed by atoms with Gasteiger partial charge in [0.05, 0.1) is 5.52 Å². The molecule has 1 aromatic heterocycles. The molecule has 3 rings (SSSR count). The van der Waals surface area contributed by atoms with E-state index in [0.29, 0.717) is 5.41 Å². The Balaban J connectivity index is 2.11. The number of aryl methyl sites for hydroxylation is 2. The Morgan fingerprint density at radius 1 is 1.26 bits per heavy atom. The van der Waals surface area contributed by atoms with E-state index in [4.69, 9.17) is 4.98 Å². The summed E-state index contributed by atoms with van der Waals surface area (Å²) < 4.78 is 0. The SMILES string of the molecule is C=CCCC1(c2ccc3nc(C)cc(CC)c3c2)C(C)C1CC. The first-order chi connectivity index (χ1) is 11.1. The fourth-order valence-corrected chi connectivity index (χ4v) is 4.84. The zero-order chi connectivity index (χ0) is 16.6. The van der Waals surface area contributed by atoms with Crippen LogP contribution in [0, 0.1) is 18.8 Å². The van der Waals surface area contributed by atoms with Crippen LogP contribution in [-0.4, -0.2) is 4.98 Å². The number of rotatable bonds is 6. The average Bonchev–Trinajstić information content (AvgIpc) is 3.15. The molecule has 23 heavy (non-hydrogen) atoms. The second-order valence-electron chi connectivity index (χ2n) is 7.18. The average molecular weight is 307 g/mol. The molecule has 1 aliphatic carbocycles. The van der Waals surface area contributed by atoms with Crippen LogP contribution in [0.3, 0.4) is 0 Å². The third-order valence-electron chi connectivity index (χ3n) is 6.11. The number of hydrogen-bond acceptors (Lipinski definition) is 1. The third kappa shape index (κ3) is 2.51. The van der Waals surface area contributed by atoms with Gasteiger partial charge in [-0.1, -0.05) is 39.3 Å². The van der Waals surface area contributed by atoms with Gasteiger partial charge in [0.25, 0.3) is 0 Å². The number of fused-ring (bicyclic) bond motifs is 1. The molecule has 3 atom stereocenters. The van der Waals surface area contributed by atoms with Crippen LogP contribution in [0.15, 0.2) is 36.9 Å². The summed E-state index contributed by atoms with van der Waals surface area (Å²) in [5, 5.41) is 1.35. The van der Waals surface area contributed by atoms with Crippen LogP contribution in [0.25, 0.3) is 10.9 Å². The Morgan fingerprint density at radius 3 is 2.65 bits per heavy atom. The first-order valence-corrected chi connectivity index (χ1v) is 9.10. The lowest BCUT2D eigenvalue weighted by atomic mass is 9.85. The van der Waals surface area contributed by atoms with Gasteiger partial charge >= 0.3 is 0 Å². The molecule has 122 valence electrons. The van der Waals surface area contributed by atoms with Crippen molar-refractivity contribution in [3.8, 4) is 0 Å². The van der Waals surface area contributed by atoms with Crippen LogP contribution < -0.4 is 0 Å². The number of hydrogen-bond donors (Lipinski definition) is 0. The van der Waals surface area contributed by atoms with Crippen LogP contribution >= 0.6 is 0 Å². The predicted octanol–water partition coefficient (Wildman–Crippen LogP) is 5.99. The van der Waals surface area contributed by atoms with E-state index in [9.17, 15) is 0 Å². The second-order valence-corrected chi connectivity index (χ2v) is 7.18. The van der Waals surface area contributed by atoms with Crippen molar-refractivity contribution in [3.05, 3.63) is 53.7 Å². The summed E-state index contributed by atoms with van der Waals surface area (Å²) in [5.74, 6) is 1.58. The van der Waals surface area contributed by atoms with Gasteiger partial charge < -0.3 is 0 Å². The maximum absolute atomic E-state index is 4.73. The molecular weight excluding hydrogens is 278 g/mol. The van der Waals surface area contributed by atoms with Crippen molar-refractivity contribution < 1.29 is 0 Å². The summed E-state index contributed by atoms with van der Waals surface area (Å²) in [6.07, 6.45) is 6.73. The standard InChI is InChI=1S/C22H29N/c1-6-9-12-22(16(5)20(22)8-3)18-10-11-21-19(14-18)17(7-2)13-15(4)23-21/h6,10-11,13-14,16,20H,1,7-9,12H2,2-5H3. The van der Waals surface area contributed by atoms with Crippen LogP contribution in [0.1, 0.15) is 56.9 Å². The van der Waals surface area contributed by atoms with Crippen molar-refractivity contribution in [2.75, 3.05) is 0 Å². The molecule has 1 fully saturated rings. The van der Waals surface area contributed by atoms with Gasteiger partial charge in [-0.15, -0.1) is 6.58 Å². The Kier molecular flexibility index (Phi) is 4.31. The number of allylic oxidation sites excluding steroid dienone is 1. The van der Waals surface area contributed by atoms with E-state index in [2.05, 4.69) is 64.6 Å². The molecule has 0 amide bonds. The van der Waals surface area contributed by atoms with Gasteiger partial charge in [0, 0.05) is 16.5 Å². The summed E-state index contributed by atoms with van der Waals surface area (Å²) in [6, 6.07) is 9.26. The number of pyridine rings is 1. The van der Waals surface area contributed by atoms with Gasteiger partial charge in [-0.05, 0) is 67.3 Å². The molecule has 0 radical (unpaired) electrons. The summed E-state index contributed by atoms with van der Waals surface area (Å²) >= 11 is 0. The lowest BCUT2D eigenvalue weighted by Crippen LogP contribution is -2.12. The van der Waals surface area contributed by atoms with Crippen molar-refractivity contribution in [1.29, 1.82) is 0 Å². The van der Waals surface area contributed by atoms with Crippen molar-refractivity contribution >= 4 is 10.9 Å². The maximum atomic E-state index is 4.73. The molecule has 1 saturated carbocycles. The fourth-order valence-electron chi connectivity index (χ4n) is 4.84. The number of benzene rings is 1. The lowest BCUT2D eigenvalue weighted by Gasteiger charge is -2.19. The summed E-state index contributed by atoms with van der Waals surface area (Å²) in [4.78, 5) is 4.73. The first-order valence-electron chi connectivity index (χ1n) is 9.10. The molecular formula is C22H29N. The van der Waals surface area contributed by atoms with Crippen LogP contribution in [-0.2, 0) is 11.8 Å². The van der Waals surface area contributed by atoms with Crippen LogP contribution in [0.2, 0.25) is 0 Å². The van der Waals surface area contributed by atoms with E-state index in [1.807, 2.05) is 0 Å². The van der Waals surface area contributed by atoms with Crippen LogP contribution in [0.5, 0.6) is 0 Å². The highest BCUT2D eigenvalue weighted by Gasteiger charge is 2.60. The van der Waals surface area contributed by atoms with Gasteiger partial charge in [0.1, 0.15) is 0 Å². The van der Waals surface area contributed by atoms with Crippen molar-refractivity contribution in [1.82, 2.24) is 4.98 Å². The molecule has 1 nitrogen and oxygen atoms in total. The molecule has 1 heteroatoms. The zero-order valence-corrected chi connectivity index (χ0v) is 15.0. The molecule has 3 unspecified atom stereocenters. The zero-order valence-electron chi connectivity index (χ0n) is 15.0. The molecule has 1 heterocycles. The van der Waals surface area contributed by atoms with Crippen molar-refractivity contribution in [2.24, 2.45) is 11.8 Å². The predicted molar refractivity (Wildman–Crippen MR) is 99.9 cm³/mol. The van der Waals surface area contributed by atoms with E-state index in [1.165, 1.54) is 29.4 Å². The smallest absolute Gasteiger partial charge is 0.0708 e. The minimum absolute atomic E-state index is 0.354. The van der Waals surface area contributed by atoms with E-state index in [0.717, 1.165) is 35.9 Å². The Morgan fingerprint density at radius 2 is 2.04 bits per heavy atom. The maximum Gasteiger partial charge on any atom is 0.0708 e. The monoisotopic (exact) mass is 307 g/mol. The van der Waals surface area contributed by atoms with Gasteiger partial charge in [-0.2, -0.15) is 0 Å². The summed E-state index contributed by atoms with van der Waals surface area (Å²) in [6.45, 7) is 13.0. The molecule has 1 aliphatic rings. The fraction of sp³-hybridized carbons (Fsp3) is 0.500. The van der Waals surface area contributed by atoms with Gasteiger partial charge in [0.2, 0.25) is 0 Å². The second kappa shape index (κ2) is 6.11. The van der Waals surface area contributed by atoms with E-state index < -0.39 is 0 Å². The highest BCUT2D eigenvalue weighted by Crippen LogP contribution is 2.64. The Bertz CT molecular complexity index is 730. The molecule has 1 aromatic carbocycles. The Labute approximate surface area is 140 Å². The molecule has 2 aromatic rings. The minimum atomic E-state index is 0.354. The van der Waals surface area contributed by atoms with E-state index in [-0.39, 0.29) is 0 Å². The van der Waals surface area contributed by atoms with Crippen LogP contribution in [0.4, 0.5) is 0 Å². The van der Waals surface area contributed by atoms with E-state index in [1.54, 1.807) is 0 Å². The van der Waals surface area contributed by atoms with Crippen molar-refractivity contribution in [3.63, 3.8) is 0 Å². The normalized spacial score (nSPS) is 26.4. The quantitative estimate of drug-likeness (QED) is 0.598. The van der Waals surface area contributed by atoms with Gasteiger partial charge in [0.15, 0.2) is 0 Å².